The maximum Gasteiger partial charge on any atom is 0.161 e. The molecule has 21 heavy (non-hydrogen) atoms. The van der Waals surface area contributed by atoms with E-state index in [4.69, 9.17) is 10.6 Å². The Morgan fingerprint density at radius 2 is 2.29 bits per heavy atom. The van der Waals surface area contributed by atoms with Gasteiger partial charge in [-0.05, 0) is 34.0 Å². The first-order valence-electron chi connectivity index (χ1n) is 6.63. The second kappa shape index (κ2) is 7.02. The number of methoxy groups -OCH3 is 1. The molecule has 0 aliphatic carbocycles. The Morgan fingerprint density at radius 1 is 1.52 bits per heavy atom. The molecular formula is C14H18BrFN4O. The number of hydrogen-bond acceptors (Lipinski definition) is 4. The van der Waals surface area contributed by atoms with Crippen LogP contribution in [0.15, 0.2) is 28.9 Å². The van der Waals surface area contributed by atoms with Crippen molar-refractivity contribution in [3.63, 3.8) is 0 Å². The third-order valence-electron chi connectivity index (χ3n) is 3.23. The molecule has 0 saturated carbocycles. The third-order valence-corrected chi connectivity index (χ3v) is 4.07. The summed E-state index contributed by atoms with van der Waals surface area (Å²) in [6, 6.07) is 4.41. The number of hydrogen-bond donors (Lipinski definition) is 2. The van der Waals surface area contributed by atoms with Gasteiger partial charge >= 0.3 is 0 Å². The second-order valence-electron chi connectivity index (χ2n) is 4.56. The fraction of sp³-hybridized carbons (Fsp3) is 0.357. The average molecular weight is 357 g/mol. The molecule has 114 valence electrons. The van der Waals surface area contributed by atoms with Gasteiger partial charge in [-0.15, -0.1) is 0 Å². The van der Waals surface area contributed by atoms with Gasteiger partial charge in [-0.1, -0.05) is 19.1 Å². The Morgan fingerprint density at radius 3 is 2.90 bits per heavy atom. The van der Waals surface area contributed by atoms with Crippen LogP contribution in [0.3, 0.4) is 0 Å². The summed E-state index contributed by atoms with van der Waals surface area (Å²) in [4.78, 5) is 0. The summed E-state index contributed by atoms with van der Waals surface area (Å²) >= 11 is 3.28. The lowest BCUT2D eigenvalue weighted by Gasteiger charge is -2.20. The van der Waals surface area contributed by atoms with Gasteiger partial charge in [0.05, 0.1) is 23.8 Å². The van der Waals surface area contributed by atoms with E-state index >= 15 is 0 Å². The summed E-state index contributed by atoms with van der Waals surface area (Å²) in [6.45, 7) is 2.78. The molecule has 1 aromatic heterocycles. The van der Waals surface area contributed by atoms with E-state index in [9.17, 15) is 4.39 Å². The molecule has 0 radical (unpaired) electrons. The Labute approximate surface area is 131 Å². The first-order valence-corrected chi connectivity index (χ1v) is 7.43. The number of ether oxygens (including phenoxy) is 1. The van der Waals surface area contributed by atoms with Crippen LogP contribution < -0.4 is 16.0 Å². The van der Waals surface area contributed by atoms with Crippen molar-refractivity contribution in [2.75, 3.05) is 7.11 Å². The molecule has 7 heteroatoms. The average Bonchev–Trinajstić information content (AvgIpc) is 2.88. The maximum absolute atomic E-state index is 13.8. The molecule has 5 nitrogen and oxygen atoms in total. The zero-order valence-corrected chi connectivity index (χ0v) is 13.5. The molecule has 0 aliphatic rings. The number of nitrogens with zero attached hydrogens (tertiary/aromatic N) is 2. The van der Waals surface area contributed by atoms with Gasteiger partial charge in [-0.2, -0.15) is 5.10 Å². The molecule has 1 unspecified atom stereocenters. The Balaban J connectivity index is 2.55. The highest BCUT2D eigenvalue weighted by Gasteiger charge is 2.25. The van der Waals surface area contributed by atoms with Crippen LogP contribution in [0.4, 0.5) is 4.39 Å². The van der Waals surface area contributed by atoms with Crippen molar-refractivity contribution in [2.45, 2.75) is 25.9 Å². The van der Waals surface area contributed by atoms with Gasteiger partial charge in [-0.3, -0.25) is 10.5 Å². The zero-order chi connectivity index (χ0) is 15.4. The van der Waals surface area contributed by atoms with Crippen molar-refractivity contribution in [2.24, 2.45) is 5.84 Å². The van der Waals surface area contributed by atoms with Crippen LogP contribution in [0.5, 0.6) is 5.75 Å². The first kappa shape index (κ1) is 15.9. The number of nitrogens with one attached hydrogen (secondary N) is 1. The number of hydrazine groups is 1. The van der Waals surface area contributed by atoms with Crippen LogP contribution in [0.25, 0.3) is 0 Å². The van der Waals surface area contributed by atoms with E-state index in [1.165, 1.54) is 6.07 Å². The van der Waals surface area contributed by atoms with E-state index in [-0.39, 0.29) is 5.82 Å². The monoisotopic (exact) mass is 356 g/mol. The number of nitrogens with two attached hydrogens (primary N) is 1. The molecule has 2 aromatic rings. The van der Waals surface area contributed by atoms with Crippen LogP contribution in [0.1, 0.15) is 30.6 Å². The largest absolute Gasteiger partial charge is 0.493 e. The molecule has 1 aromatic carbocycles. The Hall–Kier alpha value is -1.44. The van der Waals surface area contributed by atoms with Gasteiger partial charge < -0.3 is 4.74 Å². The smallest absolute Gasteiger partial charge is 0.161 e. The van der Waals surface area contributed by atoms with Crippen molar-refractivity contribution in [3.8, 4) is 5.75 Å². The summed E-state index contributed by atoms with van der Waals surface area (Å²) in [6.07, 6.45) is 2.56. The highest BCUT2D eigenvalue weighted by Crippen LogP contribution is 2.34. The van der Waals surface area contributed by atoms with E-state index in [1.54, 1.807) is 25.4 Å². The maximum atomic E-state index is 13.8. The van der Waals surface area contributed by atoms with Gasteiger partial charge in [0.1, 0.15) is 11.5 Å². The summed E-state index contributed by atoms with van der Waals surface area (Å²) in [5.41, 5.74) is 4.18. The predicted octanol–water partition coefficient (Wildman–Crippen LogP) is 2.76. The van der Waals surface area contributed by atoms with E-state index in [2.05, 4.69) is 33.4 Å². The van der Waals surface area contributed by atoms with Crippen LogP contribution in [-0.2, 0) is 6.54 Å². The van der Waals surface area contributed by atoms with Gasteiger partial charge in [-0.25, -0.2) is 9.82 Å². The predicted molar refractivity (Wildman–Crippen MR) is 82.3 cm³/mol. The summed E-state index contributed by atoms with van der Waals surface area (Å²) in [7, 11) is 1.57. The van der Waals surface area contributed by atoms with Crippen molar-refractivity contribution in [3.05, 3.63) is 45.9 Å². The lowest BCUT2D eigenvalue weighted by atomic mass is 10.0. The summed E-state index contributed by atoms with van der Waals surface area (Å²) in [5.74, 6) is 5.99. The fourth-order valence-electron chi connectivity index (χ4n) is 2.28. The van der Waals surface area contributed by atoms with Crippen LogP contribution in [0, 0.1) is 5.82 Å². The van der Waals surface area contributed by atoms with Crippen molar-refractivity contribution in [1.82, 2.24) is 15.2 Å². The molecule has 0 bridgehead atoms. The zero-order valence-electron chi connectivity index (χ0n) is 11.9. The first-order chi connectivity index (χ1) is 10.1. The van der Waals surface area contributed by atoms with Crippen LogP contribution in [-0.4, -0.2) is 16.9 Å². The lowest BCUT2D eigenvalue weighted by molar-refractivity contribution is 0.398. The van der Waals surface area contributed by atoms with Crippen molar-refractivity contribution >= 4 is 15.9 Å². The highest BCUT2D eigenvalue weighted by molar-refractivity contribution is 9.10. The molecule has 0 aliphatic heterocycles. The SMILES string of the molecule is CCCn1ncc(OC)c1C(NN)c1cccc(F)c1Br. The molecule has 0 saturated heterocycles. The standard InChI is InChI=1S/C14H18BrFN4O/c1-3-7-20-14(11(21-2)8-18-20)13(19-17)9-5-4-6-10(16)12(9)15/h4-6,8,13,19H,3,7,17H2,1-2H3. The Bertz CT molecular complexity index is 617. The molecule has 3 N–H and O–H groups in total. The molecule has 0 amide bonds. The summed E-state index contributed by atoms with van der Waals surface area (Å²) < 4.78 is 21.3. The summed E-state index contributed by atoms with van der Waals surface area (Å²) in [5, 5.41) is 4.31. The quantitative estimate of drug-likeness (QED) is 0.616. The number of rotatable bonds is 6. The van der Waals surface area contributed by atoms with Gasteiger partial charge in [0, 0.05) is 6.54 Å². The number of aryl methyl sites for hydroxylation is 1. The minimum atomic E-state index is -0.431. The van der Waals surface area contributed by atoms with E-state index < -0.39 is 6.04 Å². The van der Waals surface area contributed by atoms with Gasteiger partial charge in [0.15, 0.2) is 5.75 Å². The van der Waals surface area contributed by atoms with Crippen molar-refractivity contribution in [1.29, 1.82) is 0 Å². The van der Waals surface area contributed by atoms with Crippen molar-refractivity contribution < 1.29 is 9.13 Å². The van der Waals surface area contributed by atoms with Crippen LogP contribution in [0.2, 0.25) is 0 Å². The number of halogens is 2. The third kappa shape index (κ3) is 3.09. The van der Waals surface area contributed by atoms with E-state index in [1.807, 2.05) is 4.68 Å². The molecule has 1 atom stereocenters. The van der Waals surface area contributed by atoms with Crippen LogP contribution >= 0.6 is 15.9 Å². The fourth-order valence-corrected chi connectivity index (χ4v) is 2.77. The minimum absolute atomic E-state index is 0.340. The second-order valence-corrected chi connectivity index (χ2v) is 5.36. The van der Waals surface area contributed by atoms with E-state index in [0.29, 0.717) is 15.8 Å². The molecule has 0 spiro atoms. The number of benzene rings is 1. The normalized spacial score (nSPS) is 12.4. The van der Waals surface area contributed by atoms with Gasteiger partial charge in [0.25, 0.3) is 0 Å². The number of aromatic nitrogens is 2. The Kier molecular flexibility index (Phi) is 5.33. The topological polar surface area (TPSA) is 65.1 Å². The lowest BCUT2D eigenvalue weighted by Crippen LogP contribution is -2.31. The molecule has 2 rings (SSSR count). The highest BCUT2D eigenvalue weighted by atomic mass is 79.9. The van der Waals surface area contributed by atoms with Gasteiger partial charge in [0.2, 0.25) is 0 Å². The molecular weight excluding hydrogens is 339 g/mol. The van der Waals surface area contributed by atoms with E-state index in [0.717, 1.165) is 18.7 Å². The minimum Gasteiger partial charge on any atom is -0.493 e. The molecule has 1 heterocycles. The molecule has 0 fully saturated rings.